The van der Waals surface area contributed by atoms with Crippen LogP contribution in [0.5, 0.6) is 5.88 Å². The number of aromatic nitrogens is 1. The van der Waals surface area contributed by atoms with Crippen molar-refractivity contribution in [3.8, 4) is 16.5 Å². The molecule has 2 aromatic rings. The van der Waals surface area contributed by atoms with Gasteiger partial charge in [-0.2, -0.15) is 13.2 Å². The summed E-state index contributed by atoms with van der Waals surface area (Å²) in [6, 6.07) is 4.66. The second-order valence-electron chi connectivity index (χ2n) is 3.09. The van der Waals surface area contributed by atoms with Crippen LogP contribution in [0, 0.1) is 0 Å². The van der Waals surface area contributed by atoms with Crippen LogP contribution in [0.3, 0.4) is 0 Å². The van der Waals surface area contributed by atoms with Crippen LogP contribution in [-0.2, 0) is 6.18 Å². The monoisotopic (exact) mass is 245 g/mol. The van der Waals surface area contributed by atoms with E-state index in [0.717, 1.165) is 12.1 Å². The molecule has 84 valence electrons. The zero-order valence-corrected chi connectivity index (χ0v) is 8.64. The fourth-order valence-electron chi connectivity index (χ4n) is 1.20. The van der Waals surface area contributed by atoms with Crippen LogP contribution in [0.2, 0.25) is 0 Å². The van der Waals surface area contributed by atoms with Crippen molar-refractivity contribution in [2.45, 2.75) is 6.18 Å². The summed E-state index contributed by atoms with van der Waals surface area (Å²) in [7, 11) is 0. The smallest absolute Gasteiger partial charge is 0.416 e. The molecular formula is C10H6F3NOS. The number of thiazole rings is 1. The standard InChI is InChI=1S/C10H6F3NOS/c11-10(12,13)7-3-1-6(2-4-7)9-14-8(15)5-16-9/h1-5,15H. The van der Waals surface area contributed by atoms with Crippen molar-refractivity contribution in [1.82, 2.24) is 4.98 Å². The maximum absolute atomic E-state index is 12.3. The van der Waals surface area contributed by atoms with Crippen LogP contribution in [-0.4, -0.2) is 10.1 Å². The molecule has 1 N–H and O–H groups in total. The Morgan fingerprint density at radius 3 is 2.19 bits per heavy atom. The predicted octanol–water partition coefficient (Wildman–Crippen LogP) is 3.53. The third-order valence-electron chi connectivity index (χ3n) is 1.95. The van der Waals surface area contributed by atoms with Crippen LogP contribution in [0.4, 0.5) is 13.2 Å². The highest BCUT2D eigenvalue weighted by molar-refractivity contribution is 7.13. The van der Waals surface area contributed by atoms with E-state index in [0.29, 0.717) is 10.6 Å². The summed E-state index contributed by atoms with van der Waals surface area (Å²) in [6.45, 7) is 0. The van der Waals surface area contributed by atoms with Gasteiger partial charge in [-0.3, -0.25) is 0 Å². The van der Waals surface area contributed by atoms with Gasteiger partial charge < -0.3 is 5.11 Å². The molecule has 0 amide bonds. The van der Waals surface area contributed by atoms with E-state index in [4.69, 9.17) is 5.11 Å². The second-order valence-corrected chi connectivity index (χ2v) is 3.94. The molecule has 0 saturated heterocycles. The van der Waals surface area contributed by atoms with E-state index >= 15 is 0 Å². The lowest BCUT2D eigenvalue weighted by Crippen LogP contribution is -2.03. The molecular weight excluding hydrogens is 239 g/mol. The summed E-state index contributed by atoms with van der Waals surface area (Å²) < 4.78 is 36.8. The van der Waals surface area contributed by atoms with Crippen molar-refractivity contribution >= 4 is 11.3 Å². The highest BCUT2D eigenvalue weighted by Gasteiger charge is 2.30. The number of hydrogen-bond acceptors (Lipinski definition) is 3. The summed E-state index contributed by atoms with van der Waals surface area (Å²) in [5.41, 5.74) is -0.143. The first-order valence-corrected chi connectivity index (χ1v) is 5.17. The Labute approximate surface area is 93.0 Å². The molecule has 6 heteroatoms. The van der Waals surface area contributed by atoms with Gasteiger partial charge in [-0.1, -0.05) is 12.1 Å². The molecule has 0 aliphatic heterocycles. The highest BCUT2D eigenvalue weighted by atomic mass is 32.1. The summed E-state index contributed by atoms with van der Waals surface area (Å²) in [6.07, 6.45) is -4.33. The van der Waals surface area contributed by atoms with Gasteiger partial charge in [0.25, 0.3) is 0 Å². The molecule has 0 bridgehead atoms. The number of hydrogen-bond donors (Lipinski definition) is 1. The first-order chi connectivity index (χ1) is 7.47. The molecule has 0 spiro atoms. The minimum absolute atomic E-state index is 0.125. The van der Waals surface area contributed by atoms with Crippen molar-refractivity contribution in [2.75, 3.05) is 0 Å². The molecule has 0 aliphatic carbocycles. The van der Waals surface area contributed by atoms with E-state index in [1.54, 1.807) is 0 Å². The average Bonchev–Trinajstić information content (AvgIpc) is 2.64. The molecule has 0 radical (unpaired) electrons. The maximum atomic E-state index is 12.3. The summed E-state index contributed by atoms with van der Waals surface area (Å²) in [5, 5.41) is 10.9. The van der Waals surface area contributed by atoms with Crippen LogP contribution in [0.1, 0.15) is 5.56 Å². The van der Waals surface area contributed by atoms with Crippen LogP contribution in [0.25, 0.3) is 10.6 Å². The lowest BCUT2D eigenvalue weighted by Gasteiger charge is -2.06. The Morgan fingerprint density at radius 2 is 1.75 bits per heavy atom. The van der Waals surface area contributed by atoms with Crippen molar-refractivity contribution in [3.05, 3.63) is 35.2 Å². The fourth-order valence-corrected chi connectivity index (χ4v) is 1.89. The van der Waals surface area contributed by atoms with Crippen LogP contribution in [0.15, 0.2) is 29.6 Å². The largest absolute Gasteiger partial charge is 0.493 e. The van der Waals surface area contributed by atoms with E-state index in [9.17, 15) is 13.2 Å². The van der Waals surface area contributed by atoms with E-state index in [2.05, 4.69) is 4.98 Å². The molecule has 1 heterocycles. The minimum Gasteiger partial charge on any atom is -0.493 e. The lowest BCUT2D eigenvalue weighted by atomic mass is 10.1. The SMILES string of the molecule is Oc1csc(-c2ccc(C(F)(F)F)cc2)n1. The fraction of sp³-hybridized carbons (Fsp3) is 0.100. The summed E-state index contributed by atoms with van der Waals surface area (Å²) >= 11 is 1.17. The number of aromatic hydroxyl groups is 1. The van der Waals surface area contributed by atoms with Gasteiger partial charge in [0.15, 0.2) is 0 Å². The van der Waals surface area contributed by atoms with Gasteiger partial charge in [0.2, 0.25) is 5.88 Å². The first kappa shape index (κ1) is 10.9. The Hall–Kier alpha value is -1.56. The quantitative estimate of drug-likeness (QED) is 0.833. The molecule has 0 atom stereocenters. The van der Waals surface area contributed by atoms with E-state index in [1.165, 1.54) is 28.8 Å². The van der Waals surface area contributed by atoms with Crippen LogP contribution >= 0.6 is 11.3 Å². The molecule has 0 fully saturated rings. The summed E-state index contributed by atoms with van der Waals surface area (Å²) in [5.74, 6) is -0.125. The zero-order valence-electron chi connectivity index (χ0n) is 7.82. The minimum atomic E-state index is -4.33. The van der Waals surface area contributed by atoms with Gasteiger partial charge >= 0.3 is 6.18 Å². The highest BCUT2D eigenvalue weighted by Crippen LogP contribution is 2.32. The average molecular weight is 245 g/mol. The van der Waals surface area contributed by atoms with Gasteiger partial charge in [-0.15, -0.1) is 11.3 Å². The maximum Gasteiger partial charge on any atom is 0.416 e. The molecule has 2 rings (SSSR count). The second kappa shape index (κ2) is 3.79. The number of halogens is 3. The third kappa shape index (κ3) is 2.16. The molecule has 0 saturated carbocycles. The Kier molecular flexibility index (Phi) is 2.59. The molecule has 1 aromatic heterocycles. The van der Waals surface area contributed by atoms with Crippen molar-refractivity contribution in [2.24, 2.45) is 0 Å². The number of alkyl halides is 3. The third-order valence-corrected chi connectivity index (χ3v) is 2.83. The Balaban J connectivity index is 2.33. The van der Waals surface area contributed by atoms with E-state index < -0.39 is 11.7 Å². The van der Waals surface area contributed by atoms with Gasteiger partial charge in [0, 0.05) is 5.56 Å². The van der Waals surface area contributed by atoms with Crippen molar-refractivity contribution in [3.63, 3.8) is 0 Å². The molecule has 16 heavy (non-hydrogen) atoms. The lowest BCUT2D eigenvalue weighted by molar-refractivity contribution is -0.137. The van der Waals surface area contributed by atoms with Gasteiger partial charge in [-0.05, 0) is 12.1 Å². The molecule has 0 unspecified atom stereocenters. The van der Waals surface area contributed by atoms with Gasteiger partial charge in [0.1, 0.15) is 5.01 Å². The van der Waals surface area contributed by atoms with Crippen molar-refractivity contribution in [1.29, 1.82) is 0 Å². The van der Waals surface area contributed by atoms with Gasteiger partial charge in [-0.25, -0.2) is 4.98 Å². The topological polar surface area (TPSA) is 33.1 Å². The Morgan fingerprint density at radius 1 is 1.12 bits per heavy atom. The Bertz CT molecular complexity index is 490. The first-order valence-electron chi connectivity index (χ1n) is 4.29. The number of rotatable bonds is 1. The molecule has 1 aromatic carbocycles. The number of benzene rings is 1. The van der Waals surface area contributed by atoms with E-state index in [-0.39, 0.29) is 5.88 Å². The molecule has 0 aliphatic rings. The molecule has 2 nitrogen and oxygen atoms in total. The number of nitrogens with zero attached hydrogens (tertiary/aromatic N) is 1. The van der Waals surface area contributed by atoms with Crippen LogP contribution < -0.4 is 0 Å². The predicted molar refractivity (Wildman–Crippen MR) is 54.2 cm³/mol. The summed E-state index contributed by atoms with van der Waals surface area (Å²) in [4.78, 5) is 3.77. The zero-order chi connectivity index (χ0) is 11.8. The van der Waals surface area contributed by atoms with Gasteiger partial charge in [0.05, 0.1) is 10.9 Å². The normalized spacial score (nSPS) is 11.7. The van der Waals surface area contributed by atoms with Crippen molar-refractivity contribution < 1.29 is 18.3 Å². The van der Waals surface area contributed by atoms with E-state index in [1.807, 2.05) is 0 Å².